The number of sulfonamides is 1. The lowest BCUT2D eigenvalue weighted by atomic mass is 10.1. The van der Waals surface area contributed by atoms with Crippen LogP contribution in [0.5, 0.6) is 0 Å². The minimum atomic E-state index is -5.21. The zero-order valence-electron chi connectivity index (χ0n) is 14.7. The summed E-state index contributed by atoms with van der Waals surface area (Å²) in [5, 5.41) is 0. The number of halogens is 6. The van der Waals surface area contributed by atoms with Gasteiger partial charge in [-0.15, -0.1) is 0 Å². The molecule has 0 aliphatic rings. The summed E-state index contributed by atoms with van der Waals surface area (Å²) >= 11 is 0. The summed E-state index contributed by atoms with van der Waals surface area (Å²) in [5.41, 5.74) is -3.71. The molecule has 0 fully saturated rings. The topological polar surface area (TPSA) is 71.5 Å². The van der Waals surface area contributed by atoms with E-state index < -0.39 is 48.2 Å². The summed E-state index contributed by atoms with van der Waals surface area (Å²) in [6.45, 7) is 0. The van der Waals surface area contributed by atoms with Crippen molar-refractivity contribution in [2.45, 2.75) is 22.1 Å². The second-order valence-electron chi connectivity index (χ2n) is 5.98. The number of hydrogen-bond donors (Lipinski definition) is 0. The quantitative estimate of drug-likeness (QED) is 0.647. The molecule has 0 bridgehead atoms. The van der Waals surface area contributed by atoms with Gasteiger partial charge in [0, 0.05) is 13.3 Å². The average molecular weight is 461 g/mol. The van der Waals surface area contributed by atoms with Gasteiger partial charge >= 0.3 is 12.4 Å². The lowest BCUT2D eigenvalue weighted by Gasteiger charge is -2.21. The molecule has 13 heteroatoms. The third-order valence-electron chi connectivity index (χ3n) is 3.85. The van der Waals surface area contributed by atoms with E-state index in [2.05, 4.69) is 0 Å². The van der Waals surface area contributed by atoms with Gasteiger partial charge in [0.15, 0.2) is 9.84 Å². The molecule has 160 valence electrons. The molecule has 0 aliphatic carbocycles. The van der Waals surface area contributed by atoms with Crippen molar-refractivity contribution in [2.24, 2.45) is 0 Å². The first-order chi connectivity index (χ1) is 12.9. The fourth-order valence-electron chi connectivity index (χ4n) is 2.28. The van der Waals surface area contributed by atoms with Crippen molar-refractivity contribution in [3.05, 3.63) is 53.6 Å². The first kappa shape index (κ1) is 23.0. The van der Waals surface area contributed by atoms with Crippen molar-refractivity contribution in [3.63, 3.8) is 0 Å². The Bertz CT molecular complexity index is 1090. The molecule has 0 unspecified atom stereocenters. The fraction of sp³-hybridized carbons (Fsp3) is 0.250. The zero-order chi connectivity index (χ0) is 22.4. The third kappa shape index (κ3) is 5.01. The van der Waals surface area contributed by atoms with E-state index in [1.165, 1.54) is 0 Å². The number of benzene rings is 2. The van der Waals surface area contributed by atoms with Crippen LogP contribution in [0.4, 0.5) is 32.0 Å². The lowest BCUT2D eigenvalue weighted by molar-refractivity contribution is -0.143. The van der Waals surface area contributed by atoms with Crippen molar-refractivity contribution < 1.29 is 43.2 Å². The molecule has 0 aliphatic heterocycles. The normalized spacial score (nSPS) is 13.4. The predicted octanol–water partition coefficient (Wildman–Crippen LogP) is 3.95. The van der Waals surface area contributed by atoms with Gasteiger partial charge < -0.3 is 0 Å². The first-order valence-electron chi connectivity index (χ1n) is 7.52. The van der Waals surface area contributed by atoms with Crippen molar-refractivity contribution in [1.82, 2.24) is 0 Å². The van der Waals surface area contributed by atoms with Crippen LogP contribution in [0.15, 0.2) is 52.3 Å². The minimum absolute atomic E-state index is 0.103. The Morgan fingerprint density at radius 2 is 1.14 bits per heavy atom. The number of anilines is 1. The summed E-state index contributed by atoms with van der Waals surface area (Å²) in [4.78, 5) is -1.36. The molecular formula is C16H13F6NO4S2. The SMILES string of the molecule is CN(c1ccc(S(C)(=O)=O)cc1)S(=O)(=O)c1cc(C(F)(F)F)cc(C(F)(F)F)c1. The maximum absolute atomic E-state index is 13.0. The number of hydrogen-bond acceptors (Lipinski definition) is 4. The van der Waals surface area contributed by atoms with Crippen LogP contribution in [-0.4, -0.2) is 30.1 Å². The van der Waals surface area contributed by atoms with Gasteiger partial charge in [-0.2, -0.15) is 26.3 Å². The number of sulfone groups is 1. The Labute approximate surface area is 162 Å². The molecule has 0 N–H and O–H groups in total. The van der Waals surface area contributed by atoms with Crippen molar-refractivity contribution >= 4 is 25.5 Å². The van der Waals surface area contributed by atoms with Gasteiger partial charge in [0.1, 0.15) is 0 Å². The average Bonchev–Trinajstić information content (AvgIpc) is 2.58. The van der Waals surface area contributed by atoms with Crippen LogP contribution < -0.4 is 4.31 Å². The van der Waals surface area contributed by atoms with Gasteiger partial charge in [0.05, 0.1) is 26.6 Å². The molecule has 0 atom stereocenters. The molecule has 0 heterocycles. The molecule has 29 heavy (non-hydrogen) atoms. The van der Waals surface area contributed by atoms with Crippen molar-refractivity contribution in [2.75, 3.05) is 17.6 Å². The Morgan fingerprint density at radius 3 is 1.48 bits per heavy atom. The smallest absolute Gasteiger partial charge is 0.269 e. The maximum Gasteiger partial charge on any atom is 0.416 e. The molecule has 0 saturated heterocycles. The monoisotopic (exact) mass is 461 g/mol. The highest BCUT2D eigenvalue weighted by Gasteiger charge is 2.38. The Hall–Kier alpha value is -2.28. The second-order valence-corrected chi connectivity index (χ2v) is 9.97. The summed E-state index contributed by atoms with van der Waals surface area (Å²) < 4.78 is 126. The van der Waals surface area contributed by atoms with Crippen molar-refractivity contribution in [3.8, 4) is 0 Å². The van der Waals surface area contributed by atoms with E-state index in [0.717, 1.165) is 37.6 Å². The zero-order valence-corrected chi connectivity index (χ0v) is 16.3. The maximum atomic E-state index is 13.0. The Kier molecular flexibility index (Phi) is 5.71. The number of rotatable bonds is 4. The minimum Gasteiger partial charge on any atom is -0.269 e. The first-order valence-corrected chi connectivity index (χ1v) is 10.9. The fourth-order valence-corrected chi connectivity index (χ4v) is 4.17. The molecular weight excluding hydrogens is 448 g/mol. The van der Waals surface area contributed by atoms with Crippen LogP contribution in [0.25, 0.3) is 0 Å². The highest BCUT2D eigenvalue weighted by Crippen LogP contribution is 2.38. The molecule has 0 saturated carbocycles. The summed E-state index contributed by atoms with van der Waals surface area (Å²) in [5.74, 6) is 0. The highest BCUT2D eigenvalue weighted by atomic mass is 32.2. The molecule has 0 amide bonds. The van der Waals surface area contributed by atoms with Gasteiger partial charge in [0.2, 0.25) is 0 Å². The standard InChI is InChI=1S/C16H13F6NO4S2/c1-23(12-3-5-13(6-4-12)28(2,24)25)29(26,27)14-8-10(15(17,18)19)7-11(9-14)16(20,21)22/h3-9H,1-2H3. The highest BCUT2D eigenvalue weighted by molar-refractivity contribution is 7.92. The van der Waals surface area contributed by atoms with Crippen LogP contribution in [0, 0.1) is 0 Å². The molecule has 2 aromatic rings. The Morgan fingerprint density at radius 1 is 0.724 bits per heavy atom. The van der Waals surface area contributed by atoms with E-state index in [1.807, 2.05) is 0 Å². The van der Waals surface area contributed by atoms with E-state index in [4.69, 9.17) is 0 Å². The van der Waals surface area contributed by atoms with E-state index >= 15 is 0 Å². The van der Waals surface area contributed by atoms with Crippen LogP contribution in [-0.2, 0) is 32.2 Å². The van der Waals surface area contributed by atoms with Gasteiger partial charge in [-0.1, -0.05) is 0 Å². The molecule has 5 nitrogen and oxygen atoms in total. The van der Waals surface area contributed by atoms with E-state index in [-0.39, 0.29) is 28.8 Å². The van der Waals surface area contributed by atoms with Gasteiger partial charge in [-0.25, -0.2) is 16.8 Å². The van der Waals surface area contributed by atoms with Crippen molar-refractivity contribution in [1.29, 1.82) is 0 Å². The van der Waals surface area contributed by atoms with E-state index in [1.54, 1.807) is 0 Å². The van der Waals surface area contributed by atoms with Gasteiger partial charge in [-0.3, -0.25) is 4.31 Å². The van der Waals surface area contributed by atoms with Gasteiger partial charge in [0.25, 0.3) is 10.0 Å². The number of alkyl halides is 6. The second kappa shape index (κ2) is 7.20. The number of nitrogens with zero attached hydrogens (tertiary/aromatic N) is 1. The molecule has 2 rings (SSSR count). The van der Waals surface area contributed by atoms with E-state index in [0.29, 0.717) is 4.31 Å². The van der Waals surface area contributed by atoms with Crippen LogP contribution in [0.1, 0.15) is 11.1 Å². The molecule has 0 spiro atoms. The molecule has 2 aromatic carbocycles. The Balaban J connectivity index is 2.60. The summed E-state index contributed by atoms with van der Waals surface area (Å²) in [6.07, 6.45) is -9.51. The predicted molar refractivity (Wildman–Crippen MR) is 91.6 cm³/mol. The third-order valence-corrected chi connectivity index (χ3v) is 6.74. The summed E-state index contributed by atoms with van der Waals surface area (Å²) in [7, 11) is -7.50. The van der Waals surface area contributed by atoms with Crippen LogP contribution >= 0.6 is 0 Å². The van der Waals surface area contributed by atoms with Crippen LogP contribution in [0.2, 0.25) is 0 Å². The lowest BCUT2D eigenvalue weighted by Crippen LogP contribution is -2.27. The van der Waals surface area contributed by atoms with Crippen LogP contribution in [0.3, 0.4) is 0 Å². The largest absolute Gasteiger partial charge is 0.416 e. The van der Waals surface area contributed by atoms with Gasteiger partial charge in [-0.05, 0) is 42.5 Å². The molecule has 0 radical (unpaired) electrons. The van der Waals surface area contributed by atoms with E-state index in [9.17, 15) is 43.2 Å². The molecule has 0 aromatic heterocycles. The summed E-state index contributed by atoms with van der Waals surface area (Å²) in [6, 6.07) is 4.27.